The molecule has 0 aliphatic heterocycles. The normalized spacial score (nSPS) is 19.6. The summed E-state index contributed by atoms with van der Waals surface area (Å²) in [6.07, 6.45) is 5.03. The minimum absolute atomic E-state index is 0.201. The van der Waals surface area contributed by atoms with Crippen molar-refractivity contribution in [1.82, 2.24) is 4.90 Å². The molecule has 3 nitrogen and oxygen atoms in total. The predicted molar refractivity (Wildman–Crippen MR) is 118 cm³/mol. The van der Waals surface area contributed by atoms with E-state index in [0.717, 1.165) is 30.0 Å². The Morgan fingerprint density at radius 1 is 1.31 bits per heavy atom. The molecule has 0 unspecified atom stereocenters. The van der Waals surface area contributed by atoms with Gasteiger partial charge in [0.05, 0.1) is 12.9 Å². The quantitative estimate of drug-likeness (QED) is 0.195. The SMILES string of the molecule is [C-]#[N+]c1c(N=CN(C)C)sc2c1[C@@](C)(C#C[Si](CC)(CC)CC)CCC2. The Morgan fingerprint density at radius 3 is 2.50 bits per heavy atom. The third kappa shape index (κ3) is 4.05. The van der Waals surface area contributed by atoms with E-state index in [4.69, 9.17) is 6.57 Å². The third-order valence-corrected chi connectivity index (χ3v) is 11.6. The highest BCUT2D eigenvalue weighted by molar-refractivity contribution is 7.16. The van der Waals surface area contributed by atoms with Crippen molar-refractivity contribution >= 4 is 36.4 Å². The summed E-state index contributed by atoms with van der Waals surface area (Å²) >= 11 is 1.69. The molecule has 0 saturated carbocycles. The fourth-order valence-electron chi connectivity index (χ4n) is 3.70. The molecule has 0 aromatic carbocycles. The van der Waals surface area contributed by atoms with Crippen LogP contribution in [0.2, 0.25) is 18.1 Å². The number of hydrogen-bond donors (Lipinski definition) is 0. The van der Waals surface area contributed by atoms with E-state index >= 15 is 0 Å². The number of hydrogen-bond acceptors (Lipinski definition) is 2. The zero-order valence-corrected chi connectivity index (χ0v) is 18.9. The molecule has 1 aromatic rings. The van der Waals surface area contributed by atoms with Crippen LogP contribution in [0.5, 0.6) is 0 Å². The highest BCUT2D eigenvalue weighted by Gasteiger charge is 2.37. The average Bonchev–Trinajstić information content (AvgIpc) is 3.01. The van der Waals surface area contributed by atoms with E-state index in [0.29, 0.717) is 0 Å². The largest absolute Gasteiger partial charge is 0.369 e. The average molecular weight is 386 g/mol. The van der Waals surface area contributed by atoms with Gasteiger partial charge in [0.1, 0.15) is 13.1 Å². The predicted octanol–water partition coefficient (Wildman–Crippen LogP) is 6.17. The number of aryl methyl sites for hydroxylation is 1. The van der Waals surface area contributed by atoms with Crippen molar-refractivity contribution in [3.8, 4) is 11.5 Å². The van der Waals surface area contributed by atoms with Crippen LogP contribution in [0.15, 0.2) is 4.99 Å². The molecular formula is C21H31N3SSi. The van der Waals surface area contributed by atoms with Gasteiger partial charge in [-0.2, -0.15) is 0 Å². The Labute approximate surface area is 164 Å². The van der Waals surface area contributed by atoms with Crippen LogP contribution in [0.25, 0.3) is 4.85 Å². The first-order valence-corrected chi connectivity index (χ1v) is 13.1. The zero-order valence-electron chi connectivity index (χ0n) is 17.1. The van der Waals surface area contributed by atoms with E-state index in [1.807, 2.05) is 19.0 Å². The molecule has 1 aliphatic rings. The van der Waals surface area contributed by atoms with Crippen molar-refractivity contribution in [2.45, 2.75) is 70.5 Å². The molecule has 0 fully saturated rings. The fraction of sp³-hybridized carbons (Fsp3) is 0.619. The second-order valence-electron chi connectivity index (χ2n) is 7.65. The number of nitrogens with zero attached hydrogens (tertiary/aromatic N) is 3. The first-order valence-electron chi connectivity index (χ1n) is 9.63. The van der Waals surface area contributed by atoms with E-state index in [-0.39, 0.29) is 5.41 Å². The van der Waals surface area contributed by atoms with Crippen LogP contribution >= 0.6 is 11.3 Å². The van der Waals surface area contributed by atoms with Crippen LogP contribution in [0.1, 0.15) is 51.0 Å². The van der Waals surface area contributed by atoms with E-state index in [1.54, 1.807) is 17.7 Å². The maximum absolute atomic E-state index is 7.77. The summed E-state index contributed by atoms with van der Waals surface area (Å²) in [5.74, 6) is 3.71. The lowest BCUT2D eigenvalue weighted by Crippen LogP contribution is -2.32. The number of thiophene rings is 1. The van der Waals surface area contributed by atoms with Gasteiger partial charge in [-0.3, -0.25) is 0 Å². The zero-order chi connectivity index (χ0) is 19.4. The van der Waals surface area contributed by atoms with Gasteiger partial charge in [-0.05, 0) is 54.8 Å². The van der Waals surface area contributed by atoms with Crippen molar-refractivity contribution in [3.63, 3.8) is 0 Å². The molecule has 0 N–H and O–H groups in total. The fourth-order valence-corrected chi connectivity index (χ4v) is 7.52. The molecule has 0 amide bonds. The van der Waals surface area contributed by atoms with Crippen LogP contribution in [0.3, 0.4) is 0 Å². The molecule has 1 atom stereocenters. The maximum Gasteiger partial charge on any atom is 0.227 e. The Kier molecular flexibility index (Phi) is 6.72. The standard InChI is InChI=1S/C21H31N3SSi/c1-8-26(9-2,10-3)15-14-21(4)13-11-12-17-18(21)19(22-5)20(25-17)23-16-24(6)7/h16H,8-13H2,1-4,6-7H3/t21-/m1/s1. The summed E-state index contributed by atoms with van der Waals surface area (Å²) < 4.78 is 0. The highest BCUT2D eigenvalue weighted by Crippen LogP contribution is 2.52. The molecular weight excluding hydrogens is 354 g/mol. The van der Waals surface area contributed by atoms with Crippen LogP contribution in [0.4, 0.5) is 10.7 Å². The Morgan fingerprint density at radius 2 is 1.96 bits per heavy atom. The molecule has 0 radical (unpaired) electrons. The number of fused-ring (bicyclic) bond motifs is 1. The summed E-state index contributed by atoms with van der Waals surface area (Å²) in [6, 6.07) is 3.65. The molecule has 0 bridgehead atoms. The Hall–Kier alpha value is -1.56. The molecule has 0 spiro atoms. The second kappa shape index (κ2) is 8.42. The lowest BCUT2D eigenvalue weighted by atomic mass is 9.74. The summed E-state index contributed by atoms with van der Waals surface area (Å²) in [4.78, 5) is 11.7. The van der Waals surface area contributed by atoms with Crippen molar-refractivity contribution in [3.05, 3.63) is 21.9 Å². The summed E-state index contributed by atoms with van der Waals surface area (Å²) in [6.45, 7) is 16.9. The van der Waals surface area contributed by atoms with Gasteiger partial charge in [0.2, 0.25) is 5.69 Å². The van der Waals surface area contributed by atoms with Gasteiger partial charge < -0.3 is 4.90 Å². The van der Waals surface area contributed by atoms with Crippen LogP contribution in [-0.4, -0.2) is 33.4 Å². The summed E-state index contributed by atoms with van der Waals surface area (Å²) in [7, 11) is 2.41. The molecule has 26 heavy (non-hydrogen) atoms. The molecule has 0 saturated heterocycles. The second-order valence-corrected chi connectivity index (χ2v) is 13.7. The minimum atomic E-state index is -1.49. The van der Waals surface area contributed by atoms with Gasteiger partial charge in [0.25, 0.3) is 0 Å². The number of rotatable bonds is 5. The van der Waals surface area contributed by atoms with Gasteiger partial charge >= 0.3 is 0 Å². The van der Waals surface area contributed by atoms with Crippen LogP contribution in [-0.2, 0) is 11.8 Å². The molecule has 1 aromatic heterocycles. The van der Waals surface area contributed by atoms with E-state index < -0.39 is 8.07 Å². The Bertz CT molecular complexity index is 763. The van der Waals surface area contributed by atoms with Gasteiger partial charge in [0.15, 0.2) is 0 Å². The number of aliphatic imine (C=N–C) groups is 1. The highest BCUT2D eigenvalue weighted by atomic mass is 32.1. The first-order chi connectivity index (χ1) is 12.3. The van der Waals surface area contributed by atoms with Crippen molar-refractivity contribution in [2.24, 2.45) is 4.99 Å². The molecule has 1 aliphatic carbocycles. The van der Waals surface area contributed by atoms with Gasteiger partial charge in [-0.1, -0.05) is 20.8 Å². The maximum atomic E-state index is 7.77. The van der Waals surface area contributed by atoms with Crippen LogP contribution < -0.4 is 0 Å². The van der Waals surface area contributed by atoms with E-state index in [2.05, 4.69) is 49.0 Å². The third-order valence-electron chi connectivity index (χ3n) is 5.72. The lowest BCUT2D eigenvalue weighted by Gasteiger charge is -2.31. The van der Waals surface area contributed by atoms with E-state index in [1.165, 1.54) is 28.6 Å². The molecule has 140 valence electrons. The van der Waals surface area contributed by atoms with Crippen molar-refractivity contribution in [2.75, 3.05) is 14.1 Å². The van der Waals surface area contributed by atoms with Crippen LogP contribution in [0, 0.1) is 18.0 Å². The molecule has 1 heterocycles. The van der Waals surface area contributed by atoms with Crippen molar-refractivity contribution in [1.29, 1.82) is 0 Å². The minimum Gasteiger partial charge on any atom is -0.369 e. The lowest BCUT2D eigenvalue weighted by molar-refractivity contribution is 0.505. The van der Waals surface area contributed by atoms with Gasteiger partial charge in [-0.25, -0.2) is 9.84 Å². The summed E-state index contributed by atoms with van der Waals surface area (Å²) in [5, 5.41) is 0.846. The molecule has 2 rings (SSSR count). The van der Waals surface area contributed by atoms with E-state index in [9.17, 15) is 0 Å². The van der Waals surface area contributed by atoms with Gasteiger partial charge in [0, 0.05) is 19.5 Å². The first kappa shape index (κ1) is 20.7. The monoisotopic (exact) mass is 385 g/mol. The van der Waals surface area contributed by atoms with Gasteiger partial charge in [-0.15, -0.1) is 22.8 Å². The molecule has 5 heteroatoms. The van der Waals surface area contributed by atoms with Crippen molar-refractivity contribution < 1.29 is 0 Å². The smallest absolute Gasteiger partial charge is 0.227 e. The summed E-state index contributed by atoms with van der Waals surface area (Å²) in [5.41, 5.74) is 5.49. The topological polar surface area (TPSA) is 20.0 Å². The Balaban J connectivity index is 2.56.